The molecule has 0 aromatic heterocycles. The number of benzene rings is 1. The highest BCUT2D eigenvalue weighted by Gasteiger charge is 2.31. The Morgan fingerprint density at radius 2 is 2.07 bits per heavy atom. The summed E-state index contributed by atoms with van der Waals surface area (Å²) >= 11 is 0. The zero-order valence-electron chi connectivity index (χ0n) is 8.23. The molecule has 0 bridgehead atoms. The van der Waals surface area contributed by atoms with Crippen LogP contribution in [0.2, 0.25) is 0 Å². The van der Waals surface area contributed by atoms with Crippen molar-refractivity contribution in [3.63, 3.8) is 0 Å². The number of hydrogen-bond acceptors (Lipinski definition) is 1. The standard InChI is InChI=1S/C11H10F3N/c1-8-7-9(3-4-10(8)12)11(13,14)5-2-6-15/h3-4,7H,2,5H2,1H3. The molecule has 0 heterocycles. The summed E-state index contributed by atoms with van der Waals surface area (Å²) in [4.78, 5) is 0. The average Bonchev–Trinajstić information content (AvgIpc) is 2.19. The van der Waals surface area contributed by atoms with Crippen LogP contribution < -0.4 is 0 Å². The molecule has 0 N–H and O–H groups in total. The van der Waals surface area contributed by atoms with Gasteiger partial charge in [-0.2, -0.15) is 5.26 Å². The minimum absolute atomic E-state index is 0.184. The van der Waals surface area contributed by atoms with Crippen molar-refractivity contribution in [1.29, 1.82) is 5.26 Å². The number of hydrogen-bond donors (Lipinski definition) is 0. The van der Waals surface area contributed by atoms with Gasteiger partial charge in [0.15, 0.2) is 0 Å². The first-order chi connectivity index (χ1) is 6.97. The maximum atomic E-state index is 13.4. The maximum absolute atomic E-state index is 13.4. The Hall–Kier alpha value is -1.50. The van der Waals surface area contributed by atoms with Crippen LogP contribution in [0.1, 0.15) is 24.0 Å². The molecule has 1 rings (SSSR count). The van der Waals surface area contributed by atoms with Gasteiger partial charge in [-0.05, 0) is 24.6 Å². The van der Waals surface area contributed by atoms with Crippen LogP contribution >= 0.6 is 0 Å². The van der Waals surface area contributed by atoms with E-state index in [1.807, 2.05) is 0 Å². The Morgan fingerprint density at radius 3 is 2.60 bits per heavy atom. The molecule has 0 radical (unpaired) electrons. The molecule has 0 fully saturated rings. The fourth-order valence-corrected chi connectivity index (χ4v) is 1.23. The maximum Gasteiger partial charge on any atom is 0.274 e. The van der Waals surface area contributed by atoms with E-state index in [1.165, 1.54) is 6.92 Å². The highest BCUT2D eigenvalue weighted by Crippen LogP contribution is 2.33. The largest absolute Gasteiger partial charge is 0.274 e. The van der Waals surface area contributed by atoms with Crippen molar-refractivity contribution in [3.05, 3.63) is 35.1 Å². The van der Waals surface area contributed by atoms with Gasteiger partial charge in [-0.1, -0.05) is 6.07 Å². The molecule has 0 atom stereocenters. The van der Waals surface area contributed by atoms with Crippen molar-refractivity contribution in [1.82, 2.24) is 0 Å². The fraction of sp³-hybridized carbons (Fsp3) is 0.364. The molecule has 0 aliphatic heterocycles. The molecule has 0 aliphatic carbocycles. The van der Waals surface area contributed by atoms with Gasteiger partial charge >= 0.3 is 0 Å². The lowest BCUT2D eigenvalue weighted by Crippen LogP contribution is -2.13. The molecule has 0 saturated carbocycles. The van der Waals surface area contributed by atoms with E-state index < -0.39 is 18.2 Å². The van der Waals surface area contributed by atoms with Crippen LogP contribution in [-0.4, -0.2) is 0 Å². The first kappa shape index (κ1) is 11.6. The zero-order chi connectivity index (χ0) is 11.5. The van der Waals surface area contributed by atoms with E-state index in [0.717, 1.165) is 18.2 Å². The highest BCUT2D eigenvalue weighted by molar-refractivity contribution is 5.27. The van der Waals surface area contributed by atoms with Crippen LogP contribution in [0.4, 0.5) is 13.2 Å². The number of alkyl halides is 2. The lowest BCUT2D eigenvalue weighted by Gasteiger charge is -2.15. The van der Waals surface area contributed by atoms with E-state index in [1.54, 1.807) is 6.07 Å². The molecule has 0 saturated heterocycles. The summed E-state index contributed by atoms with van der Waals surface area (Å²) in [6.45, 7) is 1.43. The molecular formula is C11H10F3N. The van der Waals surface area contributed by atoms with Crippen LogP contribution in [0.3, 0.4) is 0 Å². The van der Waals surface area contributed by atoms with Crippen molar-refractivity contribution in [2.45, 2.75) is 25.7 Å². The van der Waals surface area contributed by atoms with E-state index in [4.69, 9.17) is 5.26 Å². The molecule has 0 spiro atoms. The average molecular weight is 213 g/mol. The fourth-order valence-electron chi connectivity index (χ4n) is 1.23. The van der Waals surface area contributed by atoms with Gasteiger partial charge in [0.1, 0.15) is 5.82 Å². The molecule has 1 aromatic carbocycles. The molecule has 0 aliphatic rings. The van der Waals surface area contributed by atoms with Gasteiger partial charge in [0.2, 0.25) is 0 Å². The number of nitriles is 1. The second kappa shape index (κ2) is 4.35. The Morgan fingerprint density at radius 1 is 1.40 bits per heavy atom. The van der Waals surface area contributed by atoms with Gasteiger partial charge in [-0.15, -0.1) is 0 Å². The number of rotatable bonds is 3. The van der Waals surface area contributed by atoms with E-state index in [2.05, 4.69) is 0 Å². The summed E-state index contributed by atoms with van der Waals surface area (Å²) in [5.41, 5.74) is -0.0548. The summed E-state index contributed by atoms with van der Waals surface area (Å²) in [5, 5.41) is 8.23. The third kappa shape index (κ3) is 2.72. The minimum Gasteiger partial charge on any atom is -0.207 e. The molecule has 15 heavy (non-hydrogen) atoms. The van der Waals surface area contributed by atoms with E-state index in [-0.39, 0.29) is 17.5 Å². The highest BCUT2D eigenvalue weighted by atomic mass is 19.3. The van der Waals surface area contributed by atoms with Gasteiger partial charge in [0.25, 0.3) is 5.92 Å². The zero-order valence-corrected chi connectivity index (χ0v) is 8.23. The summed E-state index contributed by atoms with van der Waals surface area (Å²) < 4.78 is 39.6. The predicted octanol–water partition coefficient (Wildman–Crippen LogP) is 3.53. The number of nitrogens with zero attached hydrogens (tertiary/aromatic N) is 1. The topological polar surface area (TPSA) is 23.8 Å². The SMILES string of the molecule is Cc1cc(C(F)(F)CCC#N)ccc1F. The Kier molecular flexibility index (Phi) is 3.35. The van der Waals surface area contributed by atoms with Crippen LogP contribution in [0.5, 0.6) is 0 Å². The van der Waals surface area contributed by atoms with Crippen molar-refractivity contribution in [2.75, 3.05) is 0 Å². The van der Waals surface area contributed by atoms with E-state index in [0.29, 0.717) is 0 Å². The van der Waals surface area contributed by atoms with Gasteiger partial charge in [-0.3, -0.25) is 0 Å². The number of halogens is 3. The lowest BCUT2D eigenvalue weighted by atomic mass is 10.0. The van der Waals surface area contributed by atoms with Gasteiger partial charge in [0.05, 0.1) is 6.07 Å². The first-order valence-corrected chi connectivity index (χ1v) is 4.49. The van der Waals surface area contributed by atoms with Crippen LogP contribution in [0.25, 0.3) is 0 Å². The third-order valence-electron chi connectivity index (χ3n) is 2.13. The molecule has 4 heteroatoms. The van der Waals surface area contributed by atoms with Gasteiger partial charge in [-0.25, -0.2) is 13.2 Å². The Labute approximate surface area is 86.1 Å². The predicted molar refractivity (Wildman–Crippen MR) is 49.9 cm³/mol. The molecule has 0 amide bonds. The quantitative estimate of drug-likeness (QED) is 0.753. The lowest BCUT2D eigenvalue weighted by molar-refractivity contribution is -0.0120. The Bertz CT molecular complexity index is 393. The van der Waals surface area contributed by atoms with Crippen LogP contribution in [0.15, 0.2) is 18.2 Å². The van der Waals surface area contributed by atoms with Crippen molar-refractivity contribution >= 4 is 0 Å². The van der Waals surface area contributed by atoms with Crippen molar-refractivity contribution < 1.29 is 13.2 Å². The summed E-state index contributed by atoms with van der Waals surface area (Å²) in [5.74, 6) is -3.57. The van der Waals surface area contributed by atoms with Crippen molar-refractivity contribution in [2.24, 2.45) is 0 Å². The number of aryl methyl sites for hydroxylation is 1. The van der Waals surface area contributed by atoms with Crippen LogP contribution in [-0.2, 0) is 5.92 Å². The summed E-state index contributed by atoms with van der Waals surface area (Å²) in [6, 6.07) is 4.86. The van der Waals surface area contributed by atoms with Gasteiger partial charge in [0, 0.05) is 18.4 Å². The third-order valence-corrected chi connectivity index (χ3v) is 2.13. The molecule has 80 valence electrons. The molecule has 1 aromatic rings. The minimum atomic E-state index is -3.06. The molecule has 0 unspecified atom stereocenters. The molecule has 1 nitrogen and oxygen atoms in total. The second-order valence-electron chi connectivity index (χ2n) is 3.33. The van der Waals surface area contributed by atoms with Crippen LogP contribution in [0, 0.1) is 24.1 Å². The molecular weight excluding hydrogens is 203 g/mol. The monoisotopic (exact) mass is 213 g/mol. The van der Waals surface area contributed by atoms with Crippen molar-refractivity contribution in [3.8, 4) is 6.07 Å². The smallest absolute Gasteiger partial charge is 0.207 e. The second-order valence-corrected chi connectivity index (χ2v) is 3.33. The summed E-state index contributed by atoms with van der Waals surface area (Å²) in [6.07, 6.45) is -0.752. The van der Waals surface area contributed by atoms with E-state index in [9.17, 15) is 13.2 Å². The normalized spacial score (nSPS) is 11.1. The van der Waals surface area contributed by atoms with E-state index >= 15 is 0 Å². The Balaban J connectivity index is 2.95. The van der Waals surface area contributed by atoms with Gasteiger partial charge < -0.3 is 0 Å². The first-order valence-electron chi connectivity index (χ1n) is 4.49. The summed E-state index contributed by atoms with van der Waals surface area (Å²) in [7, 11) is 0.